The van der Waals surface area contributed by atoms with E-state index >= 15 is 0 Å². The Morgan fingerprint density at radius 1 is 1.19 bits per heavy atom. The summed E-state index contributed by atoms with van der Waals surface area (Å²) in [4.78, 5) is 6.84. The van der Waals surface area contributed by atoms with Gasteiger partial charge in [0, 0.05) is 38.4 Å². The number of rotatable bonds is 5. The molecule has 1 aromatic heterocycles. The standard InChI is InChI=1S/C20H26N4O2S/c1-2-22(14-17-8-4-3-5-9-17)27(25,26)23-15-18-10-7-13-24(18)20-11-6-12-21-19(20)16-23/h3-6,8-9,11-12,18H,2,7,10,13-16H2,1H3/t18-/m0/s1. The molecule has 1 saturated heterocycles. The first-order chi connectivity index (χ1) is 13.1. The second-order valence-corrected chi connectivity index (χ2v) is 9.10. The van der Waals surface area contributed by atoms with Crippen molar-refractivity contribution in [1.82, 2.24) is 13.6 Å². The number of hydrogen-bond acceptors (Lipinski definition) is 4. The summed E-state index contributed by atoms with van der Waals surface area (Å²) >= 11 is 0. The van der Waals surface area contributed by atoms with E-state index in [4.69, 9.17) is 0 Å². The van der Waals surface area contributed by atoms with E-state index in [1.807, 2.05) is 43.3 Å². The fourth-order valence-corrected chi connectivity index (χ4v) is 5.72. The van der Waals surface area contributed by atoms with Crippen LogP contribution in [-0.4, -0.2) is 47.7 Å². The third-order valence-electron chi connectivity index (χ3n) is 5.50. The molecule has 0 bridgehead atoms. The molecule has 27 heavy (non-hydrogen) atoms. The zero-order valence-corrected chi connectivity index (χ0v) is 16.5. The normalized spacial score (nSPS) is 20.4. The Morgan fingerprint density at radius 3 is 2.78 bits per heavy atom. The number of hydrogen-bond donors (Lipinski definition) is 0. The van der Waals surface area contributed by atoms with Crippen LogP contribution in [0.1, 0.15) is 31.0 Å². The minimum Gasteiger partial charge on any atom is -0.366 e. The third-order valence-corrected chi connectivity index (χ3v) is 7.47. The second kappa shape index (κ2) is 7.58. The van der Waals surface area contributed by atoms with Crippen LogP contribution in [0.15, 0.2) is 48.7 Å². The van der Waals surface area contributed by atoms with Gasteiger partial charge in [0.2, 0.25) is 0 Å². The Bertz CT molecular complexity index is 888. The summed E-state index contributed by atoms with van der Waals surface area (Å²) in [6, 6.07) is 14.0. The van der Waals surface area contributed by atoms with Crippen LogP contribution in [0.25, 0.3) is 0 Å². The molecule has 0 saturated carbocycles. The molecule has 3 heterocycles. The van der Waals surface area contributed by atoms with Crippen LogP contribution in [0.2, 0.25) is 0 Å². The molecule has 4 rings (SSSR count). The minimum absolute atomic E-state index is 0.223. The van der Waals surface area contributed by atoms with Gasteiger partial charge in [-0.25, -0.2) is 0 Å². The molecule has 6 nitrogen and oxygen atoms in total. The van der Waals surface area contributed by atoms with E-state index in [1.54, 1.807) is 14.8 Å². The molecule has 0 radical (unpaired) electrons. The van der Waals surface area contributed by atoms with Gasteiger partial charge in [-0.2, -0.15) is 17.0 Å². The second-order valence-electron chi connectivity index (χ2n) is 7.17. The van der Waals surface area contributed by atoms with Gasteiger partial charge in [0.1, 0.15) is 0 Å². The molecular formula is C20H26N4O2S. The molecule has 1 fully saturated rings. The van der Waals surface area contributed by atoms with Crippen LogP contribution in [-0.2, 0) is 23.3 Å². The smallest absolute Gasteiger partial charge is 0.282 e. The Kier molecular flexibility index (Phi) is 5.16. The van der Waals surface area contributed by atoms with Crippen molar-refractivity contribution in [3.05, 3.63) is 59.9 Å². The van der Waals surface area contributed by atoms with Crippen molar-refractivity contribution >= 4 is 15.9 Å². The average molecular weight is 387 g/mol. The van der Waals surface area contributed by atoms with Crippen LogP contribution in [0.5, 0.6) is 0 Å². The molecular weight excluding hydrogens is 360 g/mol. The summed E-state index contributed by atoms with van der Waals surface area (Å²) < 4.78 is 30.1. The van der Waals surface area contributed by atoms with Gasteiger partial charge < -0.3 is 4.90 Å². The predicted octanol–water partition coefficient (Wildman–Crippen LogP) is 2.63. The van der Waals surface area contributed by atoms with Gasteiger partial charge in [-0.05, 0) is 30.5 Å². The molecule has 0 N–H and O–H groups in total. The predicted molar refractivity (Wildman–Crippen MR) is 106 cm³/mol. The zero-order chi connectivity index (χ0) is 18.9. The summed E-state index contributed by atoms with van der Waals surface area (Å²) in [5.74, 6) is 0. The van der Waals surface area contributed by atoms with Crippen LogP contribution in [0.3, 0.4) is 0 Å². The Hall–Kier alpha value is -1.96. The fourth-order valence-electron chi connectivity index (χ4n) is 4.10. The van der Waals surface area contributed by atoms with E-state index in [-0.39, 0.29) is 6.04 Å². The highest BCUT2D eigenvalue weighted by atomic mass is 32.2. The molecule has 1 aromatic carbocycles. The number of nitrogens with zero attached hydrogens (tertiary/aromatic N) is 4. The van der Waals surface area contributed by atoms with E-state index in [0.29, 0.717) is 26.2 Å². The summed E-state index contributed by atoms with van der Waals surface area (Å²) in [5, 5.41) is 0. The van der Waals surface area contributed by atoms with Gasteiger partial charge in [-0.3, -0.25) is 4.98 Å². The lowest BCUT2D eigenvalue weighted by Gasteiger charge is -2.30. The monoisotopic (exact) mass is 386 g/mol. The number of pyridine rings is 1. The molecule has 0 aliphatic carbocycles. The van der Waals surface area contributed by atoms with E-state index in [2.05, 4.69) is 16.0 Å². The van der Waals surface area contributed by atoms with Crippen molar-refractivity contribution < 1.29 is 8.42 Å². The SMILES string of the molecule is CCN(Cc1ccccc1)S(=O)(=O)N1Cc2ncccc2N2CCC[C@H]2C1. The van der Waals surface area contributed by atoms with Gasteiger partial charge in [0.05, 0.1) is 17.9 Å². The lowest BCUT2D eigenvalue weighted by molar-refractivity contribution is 0.324. The van der Waals surface area contributed by atoms with Crippen molar-refractivity contribution in [3.63, 3.8) is 0 Å². The van der Waals surface area contributed by atoms with Crippen LogP contribution < -0.4 is 4.90 Å². The molecule has 0 spiro atoms. The highest BCUT2D eigenvalue weighted by molar-refractivity contribution is 7.86. The van der Waals surface area contributed by atoms with Crippen LogP contribution in [0.4, 0.5) is 5.69 Å². The maximum atomic E-state index is 13.5. The highest BCUT2D eigenvalue weighted by Crippen LogP contribution is 2.33. The van der Waals surface area contributed by atoms with Crippen molar-refractivity contribution in [2.24, 2.45) is 0 Å². The quantitative estimate of drug-likeness (QED) is 0.793. The lowest BCUT2D eigenvalue weighted by Crippen LogP contribution is -2.46. The van der Waals surface area contributed by atoms with Gasteiger partial charge in [-0.1, -0.05) is 37.3 Å². The Balaban J connectivity index is 1.64. The highest BCUT2D eigenvalue weighted by Gasteiger charge is 2.38. The van der Waals surface area contributed by atoms with Crippen LogP contribution >= 0.6 is 0 Å². The molecule has 0 amide bonds. The third kappa shape index (κ3) is 3.59. The van der Waals surface area contributed by atoms with Gasteiger partial charge >= 0.3 is 0 Å². The van der Waals surface area contributed by atoms with Crippen molar-refractivity contribution in [3.8, 4) is 0 Å². The summed E-state index contributed by atoms with van der Waals surface area (Å²) in [6.07, 6.45) is 3.86. The van der Waals surface area contributed by atoms with E-state index in [0.717, 1.165) is 36.3 Å². The van der Waals surface area contributed by atoms with E-state index in [1.165, 1.54) is 0 Å². The lowest BCUT2D eigenvalue weighted by atomic mass is 10.2. The molecule has 0 unspecified atom stereocenters. The van der Waals surface area contributed by atoms with Crippen molar-refractivity contribution in [1.29, 1.82) is 0 Å². The number of anilines is 1. The van der Waals surface area contributed by atoms with E-state index in [9.17, 15) is 8.42 Å². The number of fused-ring (bicyclic) bond motifs is 3. The minimum atomic E-state index is -3.58. The first-order valence-corrected chi connectivity index (χ1v) is 11.0. The van der Waals surface area contributed by atoms with Crippen molar-refractivity contribution in [2.45, 2.75) is 38.9 Å². The molecule has 2 aliphatic rings. The van der Waals surface area contributed by atoms with Gasteiger partial charge in [-0.15, -0.1) is 0 Å². The maximum absolute atomic E-state index is 13.5. The fraction of sp³-hybridized carbons (Fsp3) is 0.450. The Labute approximate surface area is 161 Å². The number of aromatic nitrogens is 1. The first-order valence-electron chi connectivity index (χ1n) is 9.59. The van der Waals surface area contributed by atoms with Crippen molar-refractivity contribution in [2.75, 3.05) is 24.5 Å². The molecule has 2 aliphatic heterocycles. The Morgan fingerprint density at radius 2 is 2.00 bits per heavy atom. The van der Waals surface area contributed by atoms with Gasteiger partial charge in [0.25, 0.3) is 10.2 Å². The van der Waals surface area contributed by atoms with Gasteiger partial charge in [0.15, 0.2) is 0 Å². The zero-order valence-electron chi connectivity index (χ0n) is 15.7. The van der Waals surface area contributed by atoms with E-state index < -0.39 is 10.2 Å². The maximum Gasteiger partial charge on any atom is 0.282 e. The number of benzene rings is 1. The molecule has 7 heteroatoms. The summed E-state index contributed by atoms with van der Waals surface area (Å²) in [7, 11) is -3.58. The molecule has 144 valence electrons. The summed E-state index contributed by atoms with van der Waals surface area (Å²) in [5.41, 5.74) is 2.93. The van der Waals surface area contributed by atoms with Crippen LogP contribution in [0, 0.1) is 0 Å². The topological polar surface area (TPSA) is 56.8 Å². The molecule has 1 atom stereocenters. The molecule has 2 aromatic rings. The first kappa shape index (κ1) is 18.4. The average Bonchev–Trinajstić information content (AvgIpc) is 3.08. The summed E-state index contributed by atoms with van der Waals surface area (Å²) in [6.45, 7) is 4.54. The largest absolute Gasteiger partial charge is 0.366 e.